The minimum atomic E-state index is -3.45. The van der Waals surface area contributed by atoms with Gasteiger partial charge in [-0.2, -0.15) is 5.26 Å². The maximum absolute atomic E-state index is 12.3. The first-order valence-corrected chi connectivity index (χ1v) is 8.35. The van der Waals surface area contributed by atoms with E-state index >= 15 is 0 Å². The number of nitrogens with zero attached hydrogens (tertiary/aromatic N) is 1. The molecule has 0 aliphatic heterocycles. The van der Waals surface area contributed by atoms with Crippen molar-refractivity contribution in [2.75, 3.05) is 6.54 Å². The summed E-state index contributed by atoms with van der Waals surface area (Å²) < 4.78 is 27.3. The molecule has 2 rings (SSSR count). The highest BCUT2D eigenvalue weighted by Crippen LogP contribution is 2.29. The van der Waals surface area contributed by atoms with Gasteiger partial charge in [0.2, 0.25) is 10.0 Å². The molecule has 5 nitrogen and oxygen atoms in total. The van der Waals surface area contributed by atoms with Crippen molar-refractivity contribution in [2.24, 2.45) is 5.73 Å². The topological polar surface area (TPSA) is 96.0 Å². The maximum atomic E-state index is 12.3. The standard InChI is InChI=1S/C14H19N3O2S/c15-9-12-4-3-5-13(8-12)10-20(18,19)17-14(11-16)6-1-2-7-14/h3-5,8,17H,1-2,6-7,10-11,16H2. The van der Waals surface area contributed by atoms with Crippen LogP contribution < -0.4 is 10.5 Å². The second kappa shape index (κ2) is 5.92. The van der Waals surface area contributed by atoms with E-state index in [4.69, 9.17) is 11.0 Å². The van der Waals surface area contributed by atoms with Crippen molar-refractivity contribution < 1.29 is 8.42 Å². The summed E-state index contributed by atoms with van der Waals surface area (Å²) in [5, 5.41) is 8.84. The van der Waals surface area contributed by atoms with Crippen molar-refractivity contribution in [3.05, 3.63) is 35.4 Å². The summed E-state index contributed by atoms with van der Waals surface area (Å²) in [5.74, 6) is -0.121. The molecule has 0 atom stereocenters. The Morgan fingerprint density at radius 3 is 2.65 bits per heavy atom. The number of nitriles is 1. The van der Waals surface area contributed by atoms with Crippen molar-refractivity contribution in [3.63, 3.8) is 0 Å². The summed E-state index contributed by atoms with van der Waals surface area (Å²) in [5.41, 5.74) is 6.34. The predicted octanol–water partition coefficient (Wildman–Crippen LogP) is 1.25. The van der Waals surface area contributed by atoms with Gasteiger partial charge in [-0.25, -0.2) is 13.1 Å². The van der Waals surface area contributed by atoms with Gasteiger partial charge in [0.25, 0.3) is 0 Å². The molecular formula is C14H19N3O2S. The van der Waals surface area contributed by atoms with Gasteiger partial charge in [-0.05, 0) is 30.5 Å². The van der Waals surface area contributed by atoms with Crippen LogP contribution >= 0.6 is 0 Å². The first-order chi connectivity index (χ1) is 9.49. The highest BCUT2D eigenvalue weighted by molar-refractivity contribution is 7.88. The lowest BCUT2D eigenvalue weighted by Crippen LogP contribution is -2.51. The third kappa shape index (κ3) is 3.57. The molecule has 3 N–H and O–H groups in total. The lowest BCUT2D eigenvalue weighted by molar-refractivity contribution is 0.399. The fraction of sp³-hybridized carbons (Fsp3) is 0.500. The van der Waals surface area contributed by atoms with E-state index in [0.717, 1.165) is 25.7 Å². The van der Waals surface area contributed by atoms with Crippen LogP contribution in [0, 0.1) is 11.3 Å². The van der Waals surface area contributed by atoms with E-state index in [0.29, 0.717) is 17.7 Å². The van der Waals surface area contributed by atoms with Crippen LogP contribution in [0.2, 0.25) is 0 Å². The van der Waals surface area contributed by atoms with Gasteiger partial charge in [0.05, 0.1) is 17.4 Å². The van der Waals surface area contributed by atoms with Gasteiger partial charge >= 0.3 is 0 Å². The largest absolute Gasteiger partial charge is 0.329 e. The summed E-state index contributed by atoms with van der Waals surface area (Å²) in [6.07, 6.45) is 3.59. The van der Waals surface area contributed by atoms with Crippen LogP contribution in [-0.2, 0) is 15.8 Å². The minimum Gasteiger partial charge on any atom is -0.329 e. The van der Waals surface area contributed by atoms with Crippen LogP contribution in [0.3, 0.4) is 0 Å². The lowest BCUT2D eigenvalue weighted by Gasteiger charge is -2.28. The Kier molecular flexibility index (Phi) is 4.43. The summed E-state index contributed by atoms with van der Waals surface area (Å²) in [7, 11) is -3.45. The van der Waals surface area contributed by atoms with E-state index in [-0.39, 0.29) is 5.75 Å². The fourth-order valence-electron chi connectivity index (χ4n) is 2.72. The molecule has 0 saturated heterocycles. The maximum Gasteiger partial charge on any atom is 0.216 e. The average Bonchev–Trinajstić information content (AvgIpc) is 2.86. The summed E-state index contributed by atoms with van der Waals surface area (Å²) >= 11 is 0. The van der Waals surface area contributed by atoms with Gasteiger partial charge in [-0.15, -0.1) is 0 Å². The van der Waals surface area contributed by atoms with Gasteiger partial charge in [-0.1, -0.05) is 25.0 Å². The van der Waals surface area contributed by atoms with Crippen molar-refractivity contribution in [1.82, 2.24) is 4.72 Å². The number of nitrogens with one attached hydrogen (secondary N) is 1. The second-order valence-electron chi connectivity index (χ2n) is 5.36. The van der Waals surface area contributed by atoms with Crippen molar-refractivity contribution in [3.8, 4) is 6.07 Å². The zero-order valence-corrected chi connectivity index (χ0v) is 12.1. The molecule has 1 aromatic carbocycles. The fourth-order valence-corrected chi connectivity index (χ4v) is 4.35. The third-order valence-electron chi connectivity index (χ3n) is 3.74. The molecule has 1 saturated carbocycles. The zero-order valence-electron chi connectivity index (χ0n) is 11.3. The number of hydrogen-bond acceptors (Lipinski definition) is 4. The van der Waals surface area contributed by atoms with E-state index in [2.05, 4.69) is 4.72 Å². The van der Waals surface area contributed by atoms with E-state index in [1.165, 1.54) is 0 Å². The molecule has 1 aromatic rings. The quantitative estimate of drug-likeness (QED) is 0.854. The van der Waals surface area contributed by atoms with Gasteiger partial charge in [0, 0.05) is 12.1 Å². The SMILES string of the molecule is N#Cc1cccc(CS(=O)(=O)NC2(CN)CCCC2)c1. The molecule has 0 amide bonds. The Hall–Kier alpha value is -1.42. The van der Waals surface area contributed by atoms with Gasteiger partial charge in [-0.3, -0.25) is 0 Å². The Morgan fingerprint density at radius 1 is 1.35 bits per heavy atom. The number of sulfonamides is 1. The molecular weight excluding hydrogens is 274 g/mol. The second-order valence-corrected chi connectivity index (χ2v) is 7.09. The zero-order chi connectivity index (χ0) is 14.6. The van der Waals surface area contributed by atoms with E-state index in [1.54, 1.807) is 24.3 Å². The van der Waals surface area contributed by atoms with Crippen LogP contribution in [0.4, 0.5) is 0 Å². The van der Waals surface area contributed by atoms with E-state index in [1.807, 2.05) is 6.07 Å². The monoisotopic (exact) mass is 293 g/mol. The summed E-state index contributed by atoms with van der Waals surface area (Å²) in [6, 6.07) is 8.67. The van der Waals surface area contributed by atoms with Crippen molar-refractivity contribution >= 4 is 10.0 Å². The van der Waals surface area contributed by atoms with Crippen LogP contribution in [0.1, 0.15) is 36.8 Å². The minimum absolute atomic E-state index is 0.121. The molecule has 0 spiro atoms. The predicted molar refractivity (Wildman–Crippen MR) is 77.2 cm³/mol. The Morgan fingerprint density at radius 2 is 2.05 bits per heavy atom. The normalized spacial score (nSPS) is 17.8. The molecule has 0 bridgehead atoms. The van der Waals surface area contributed by atoms with Crippen LogP contribution in [0.15, 0.2) is 24.3 Å². The lowest BCUT2D eigenvalue weighted by atomic mass is 10.0. The summed E-state index contributed by atoms with van der Waals surface area (Å²) in [6.45, 7) is 0.324. The molecule has 0 radical (unpaired) electrons. The number of benzene rings is 1. The van der Waals surface area contributed by atoms with Gasteiger partial charge in [0.15, 0.2) is 0 Å². The van der Waals surface area contributed by atoms with E-state index in [9.17, 15) is 8.42 Å². The van der Waals surface area contributed by atoms with Gasteiger partial charge < -0.3 is 5.73 Å². The molecule has 1 aliphatic rings. The van der Waals surface area contributed by atoms with E-state index < -0.39 is 15.6 Å². The Balaban J connectivity index is 2.13. The first-order valence-electron chi connectivity index (χ1n) is 6.69. The third-order valence-corrected chi connectivity index (χ3v) is 5.19. The van der Waals surface area contributed by atoms with Crippen molar-refractivity contribution in [1.29, 1.82) is 5.26 Å². The summed E-state index contributed by atoms with van der Waals surface area (Å²) in [4.78, 5) is 0. The number of rotatable bonds is 5. The van der Waals surface area contributed by atoms with Gasteiger partial charge in [0.1, 0.15) is 0 Å². The van der Waals surface area contributed by atoms with Crippen LogP contribution in [0.5, 0.6) is 0 Å². The molecule has 1 fully saturated rings. The first kappa shape index (κ1) is 15.0. The van der Waals surface area contributed by atoms with Crippen LogP contribution in [-0.4, -0.2) is 20.5 Å². The molecule has 0 aromatic heterocycles. The van der Waals surface area contributed by atoms with Crippen molar-refractivity contribution in [2.45, 2.75) is 37.0 Å². The molecule has 20 heavy (non-hydrogen) atoms. The average molecular weight is 293 g/mol. The molecule has 0 unspecified atom stereocenters. The molecule has 1 aliphatic carbocycles. The number of nitrogens with two attached hydrogens (primary N) is 1. The molecule has 6 heteroatoms. The Bertz CT molecular complexity index is 614. The highest BCUT2D eigenvalue weighted by Gasteiger charge is 2.36. The number of hydrogen-bond donors (Lipinski definition) is 2. The van der Waals surface area contributed by atoms with Crippen LogP contribution in [0.25, 0.3) is 0 Å². The Labute approximate surface area is 119 Å². The highest BCUT2D eigenvalue weighted by atomic mass is 32.2. The molecule has 0 heterocycles. The molecule has 108 valence electrons. The smallest absolute Gasteiger partial charge is 0.216 e.